The second-order valence-corrected chi connectivity index (χ2v) is 6.31. The monoisotopic (exact) mass is 286 g/mol. The minimum atomic E-state index is -1.16. The fourth-order valence-corrected chi connectivity index (χ4v) is 2.44. The van der Waals surface area contributed by atoms with Gasteiger partial charge in [0.2, 0.25) is 0 Å². The zero-order valence-corrected chi connectivity index (χ0v) is 13.1. The van der Waals surface area contributed by atoms with Crippen LogP contribution in [0.3, 0.4) is 0 Å². The lowest BCUT2D eigenvalue weighted by Crippen LogP contribution is -2.61. The highest BCUT2D eigenvalue weighted by molar-refractivity contribution is 5.84. The van der Waals surface area contributed by atoms with Crippen LogP contribution < -0.4 is 0 Å². The Morgan fingerprint density at radius 3 is 2.15 bits per heavy atom. The highest BCUT2D eigenvalue weighted by Crippen LogP contribution is 2.29. The molecule has 20 heavy (non-hydrogen) atoms. The summed E-state index contributed by atoms with van der Waals surface area (Å²) in [6, 6.07) is 0. The number of carbonyl (C=O) groups is 2. The first-order valence-electron chi connectivity index (χ1n) is 7.05. The SMILES string of the molecule is CCN1CCC(C(=O)O)(N(C)C(=O)OC(C)(C)C)CC1. The van der Waals surface area contributed by atoms with E-state index in [0.717, 1.165) is 6.54 Å². The number of likely N-dealkylation sites (tertiary alicyclic amines) is 1. The number of carboxylic acids is 1. The van der Waals surface area contributed by atoms with Crippen molar-refractivity contribution in [2.75, 3.05) is 26.7 Å². The van der Waals surface area contributed by atoms with Crippen LogP contribution in [0.1, 0.15) is 40.5 Å². The van der Waals surface area contributed by atoms with E-state index in [2.05, 4.69) is 4.90 Å². The van der Waals surface area contributed by atoms with E-state index in [-0.39, 0.29) is 0 Å². The first-order valence-corrected chi connectivity index (χ1v) is 7.05. The zero-order chi connectivity index (χ0) is 15.6. The van der Waals surface area contributed by atoms with Crippen molar-refractivity contribution in [3.8, 4) is 0 Å². The molecule has 1 fully saturated rings. The average Bonchev–Trinajstić information content (AvgIpc) is 2.35. The molecule has 1 aliphatic rings. The van der Waals surface area contributed by atoms with Gasteiger partial charge in [-0.2, -0.15) is 0 Å². The van der Waals surface area contributed by atoms with Gasteiger partial charge in [0.1, 0.15) is 11.1 Å². The highest BCUT2D eigenvalue weighted by atomic mass is 16.6. The van der Waals surface area contributed by atoms with Crippen LogP contribution in [0.4, 0.5) is 4.79 Å². The van der Waals surface area contributed by atoms with Crippen molar-refractivity contribution in [1.29, 1.82) is 0 Å². The smallest absolute Gasteiger partial charge is 0.410 e. The third kappa shape index (κ3) is 3.62. The van der Waals surface area contributed by atoms with Crippen LogP contribution in [0.5, 0.6) is 0 Å². The van der Waals surface area contributed by atoms with E-state index in [1.807, 2.05) is 6.92 Å². The van der Waals surface area contributed by atoms with Crippen LogP contribution in [0.25, 0.3) is 0 Å². The van der Waals surface area contributed by atoms with E-state index < -0.39 is 23.2 Å². The Morgan fingerprint density at radius 1 is 1.30 bits per heavy atom. The Labute approximate surface area is 120 Å². The number of ether oxygens (including phenoxy) is 1. The van der Waals surface area contributed by atoms with Crippen LogP contribution in [0.15, 0.2) is 0 Å². The van der Waals surface area contributed by atoms with Gasteiger partial charge in [-0.3, -0.25) is 4.90 Å². The normalized spacial score (nSPS) is 19.4. The Balaban J connectivity index is 2.86. The van der Waals surface area contributed by atoms with Gasteiger partial charge in [0.15, 0.2) is 0 Å². The topological polar surface area (TPSA) is 70.1 Å². The summed E-state index contributed by atoms with van der Waals surface area (Å²) in [7, 11) is 1.52. The average molecular weight is 286 g/mol. The van der Waals surface area contributed by atoms with Crippen molar-refractivity contribution in [2.45, 2.75) is 51.7 Å². The number of carboxylic acid groups (broad SMARTS) is 1. The van der Waals surface area contributed by atoms with Crippen LogP contribution in [0.2, 0.25) is 0 Å². The molecule has 0 bridgehead atoms. The lowest BCUT2D eigenvalue weighted by molar-refractivity contribution is -0.153. The third-order valence-corrected chi connectivity index (χ3v) is 3.84. The predicted octanol–water partition coefficient (Wildman–Crippen LogP) is 1.79. The first-order chi connectivity index (χ1) is 9.12. The lowest BCUT2D eigenvalue weighted by Gasteiger charge is -2.44. The Morgan fingerprint density at radius 2 is 1.80 bits per heavy atom. The third-order valence-electron chi connectivity index (χ3n) is 3.84. The summed E-state index contributed by atoms with van der Waals surface area (Å²) >= 11 is 0. The van der Waals surface area contributed by atoms with Crippen molar-refractivity contribution in [2.24, 2.45) is 0 Å². The van der Waals surface area contributed by atoms with Gasteiger partial charge in [0.05, 0.1) is 0 Å². The molecule has 1 heterocycles. The summed E-state index contributed by atoms with van der Waals surface area (Å²) < 4.78 is 5.29. The minimum Gasteiger partial charge on any atom is -0.479 e. The largest absolute Gasteiger partial charge is 0.479 e. The number of hydrogen-bond acceptors (Lipinski definition) is 4. The summed E-state index contributed by atoms with van der Waals surface area (Å²) in [5.74, 6) is -0.957. The summed E-state index contributed by atoms with van der Waals surface area (Å²) in [5.41, 5.74) is -1.79. The molecule has 0 aromatic carbocycles. The van der Waals surface area contributed by atoms with Gasteiger partial charge in [-0.25, -0.2) is 9.59 Å². The molecule has 0 aromatic rings. The van der Waals surface area contributed by atoms with Gasteiger partial charge in [-0.05, 0) is 40.2 Å². The number of carbonyl (C=O) groups excluding carboxylic acids is 1. The van der Waals surface area contributed by atoms with Gasteiger partial charge in [0.25, 0.3) is 0 Å². The number of amides is 1. The van der Waals surface area contributed by atoms with Crippen molar-refractivity contribution >= 4 is 12.1 Å². The fourth-order valence-electron chi connectivity index (χ4n) is 2.44. The molecular formula is C14H26N2O4. The number of rotatable bonds is 3. The van der Waals surface area contributed by atoms with Gasteiger partial charge < -0.3 is 14.7 Å². The number of piperidine rings is 1. The number of aliphatic carboxylic acids is 1. The van der Waals surface area contributed by atoms with Crippen molar-refractivity contribution in [3.63, 3.8) is 0 Å². The van der Waals surface area contributed by atoms with Gasteiger partial charge in [0, 0.05) is 20.1 Å². The van der Waals surface area contributed by atoms with E-state index in [1.54, 1.807) is 20.8 Å². The van der Waals surface area contributed by atoms with E-state index in [1.165, 1.54) is 11.9 Å². The molecule has 1 amide bonds. The summed E-state index contributed by atoms with van der Waals surface area (Å²) in [6.07, 6.45) is 0.266. The zero-order valence-electron chi connectivity index (χ0n) is 13.1. The van der Waals surface area contributed by atoms with E-state index in [4.69, 9.17) is 4.74 Å². The quantitative estimate of drug-likeness (QED) is 0.856. The number of nitrogens with zero attached hydrogens (tertiary/aromatic N) is 2. The molecule has 116 valence electrons. The second kappa shape index (κ2) is 5.99. The molecule has 1 saturated heterocycles. The van der Waals surface area contributed by atoms with E-state index >= 15 is 0 Å². The molecule has 1 rings (SSSR count). The number of likely N-dealkylation sites (N-methyl/N-ethyl adjacent to an activating group) is 1. The highest BCUT2D eigenvalue weighted by Gasteiger charge is 2.47. The molecule has 1 aliphatic heterocycles. The van der Waals surface area contributed by atoms with Crippen LogP contribution in [-0.2, 0) is 9.53 Å². The molecule has 6 nitrogen and oxygen atoms in total. The van der Waals surface area contributed by atoms with Gasteiger partial charge >= 0.3 is 12.1 Å². The molecular weight excluding hydrogens is 260 g/mol. The standard InChI is InChI=1S/C14H26N2O4/c1-6-16-9-7-14(8-10-16,11(17)18)15(5)12(19)20-13(2,3)4/h6-10H2,1-5H3,(H,17,18). The lowest BCUT2D eigenvalue weighted by atomic mass is 9.86. The molecule has 0 radical (unpaired) electrons. The van der Waals surface area contributed by atoms with Gasteiger partial charge in [-0.15, -0.1) is 0 Å². The molecule has 1 N–H and O–H groups in total. The first kappa shape index (κ1) is 16.8. The van der Waals surface area contributed by atoms with E-state index in [0.29, 0.717) is 25.9 Å². The molecule has 0 aromatic heterocycles. The van der Waals surface area contributed by atoms with Crippen LogP contribution >= 0.6 is 0 Å². The molecule has 6 heteroatoms. The summed E-state index contributed by atoms with van der Waals surface area (Å²) in [5, 5.41) is 9.60. The van der Waals surface area contributed by atoms with Crippen molar-refractivity contribution < 1.29 is 19.4 Å². The maximum atomic E-state index is 12.1. The van der Waals surface area contributed by atoms with E-state index in [9.17, 15) is 14.7 Å². The summed E-state index contributed by atoms with van der Waals surface area (Å²) in [4.78, 5) is 27.3. The second-order valence-electron chi connectivity index (χ2n) is 6.31. The molecule has 0 aliphatic carbocycles. The predicted molar refractivity (Wildman–Crippen MR) is 75.7 cm³/mol. The maximum Gasteiger partial charge on any atom is 0.410 e. The van der Waals surface area contributed by atoms with Crippen molar-refractivity contribution in [3.05, 3.63) is 0 Å². The molecule has 0 atom stereocenters. The van der Waals surface area contributed by atoms with Crippen LogP contribution in [0, 0.1) is 0 Å². The molecule has 0 unspecified atom stereocenters. The molecule has 0 saturated carbocycles. The summed E-state index contributed by atoms with van der Waals surface area (Å²) in [6.45, 7) is 9.60. The minimum absolute atomic E-state index is 0.423. The van der Waals surface area contributed by atoms with Gasteiger partial charge in [-0.1, -0.05) is 6.92 Å². The maximum absolute atomic E-state index is 12.1. The van der Waals surface area contributed by atoms with Crippen LogP contribution in [-0.4, -0.2) is 64.8 Å². The number of hydrogen-bond donors (Lipinski definition) is 1. The molecule has 0 spiro atoms. The van der Waals surface area contributed by atoms with Crippen molar-refractivity contribution in [1.82, 2.24) is 9.80 Å². The Hall–Kier alpha value is -1.30. The Kier molecular flexibility index (Phi) is 5.02. The fraction of sp³-hybridized carbons (Fsp3) is 0.857. The Bertz CT molecular complexity index is 368.